The maximum absolute atomic E-state index is 13.2. The Morgan fingerprint density at radius 3 is 2.41 bits per heavy atom. The topological polar surface area (TPSA) is 76.2 Å². The van der Waals surface area contributed by atoms with Gasteiger partial charge in [-0.15, -0.1) is 0 Å². The van der Waals surface area contributed by atoms with Gasteiger partial charge < -0.3 is 19.3 Å². The van der Waals surface area contributed by atoms with Crippen molar-refractivity contribution in [3.8, 4) is 0 Å². The van der Waals surface area contributed by atoms with E-state index < -0.39 is 11.9 Å². The molecule has 1 atom stereocenters. The van der Waals surface area contributed by atoms with E-state index in [2.05, 4.69) is 0 Å². The van der Waals surface area contributed by atoms with Crippen molar-refractivity contribution >= 4 is 18.0 Å². The van der Waals surface area contributed by atoms with Gasteiger partial charge in [0, 0.05) is 26.2 Å². The number of halogens is 1. The summed E-state index contributed by atoms with van der Waals surface area (Å²) in [5.41, 5.74) is 0.695. The Morgan fingerprint density at radius 1 is 1.11 bits per heavy atom. The van der Waals surface area contributed by atoms with Gasteiger partial charge in [0.15, 0.2) is 6.61 Å². The van der Waals surface area contributed by atoms with Crippen molar-refractivity contribution in [3.05, 3.63) is 35.6 Å². The fourth-order valence-electron chi connectivity index (χ4n) is 2.82. The first-order valence-electron chi connectivity index (χ1n) is 9.01. The second-order valence-electron chi connectivity index (χ2n) is 6.41. The molecule has 1 saturated heterocycles. The number of rotatable bonds is 6. The predicted molar refractivity (Wildman–Crippen MR) is 95.4 cm³/mol. The van der Waals surface area contributed by atoms with E-state index in [1.807, 2.05) is 0 Å². The van der Waals surface area contributed by atoms with Crippen LogP contribution in [0.15, 0.2) is 24.3 Å². The number of esters is 1. The summed E-state index contributed by atoms with van der Waals surface area (Å²) in [5, 5.41) is 0. The number of hydrogen-bond donors (Lipinski definition) is 0. The van der Waals surface area contributed by atoms with Crippen LogP contribution in [0.25, 0.3) is 0 Å². The van der Waals surface area contributed by atoms with Crippen LogP contribution in [-0.2, 0) is 25.5 Å². The van der Waals surface area contributed by atoms with E-state index in [4.69, 9.17) is 9.47 Å². The van der Waals surface area contributed by atoms with Crippen molar-refractivity contribution < 1.29 is 28.2 Å². The number of nitrogens with zero attached hydrogens (tertiary/aromatic N) is 2. The highest BCUT2D eigenvalue weighted by Crippen LogP contribution is 2.12. The third-order valence-electron chi connectivity index (χ3n) is 4.33. The van der Waals surface area contributed by atoms with Crippen molar-refractivity contribution in [1.82, 2.24) is 9.80 Å². The molecule has 0 bridgehead atoms. The summed E-state index contributed by atoms with van der Waals surface area (Å²) >= 11 is 0. The molecule has 0 saturated carbocycles. The summed E-state index contributed by atoms with van der Waals surface area (Å²) in [7, 11) is 0. The molecule has 0 aliphatic carbocycles. The molecule has 1 heterocycles. The highest BCUT2D eigenvalue weighted by atomic mass is 19.1. The van der Waals surface area contributed by atoms with Gasteiger partial charge in [-0.3, -0.25) is 9.59 Å². The molecule has 1 aromatic rings. The number of carbonyl (C=O) groups is 3. The molecule has 1 fully saturated rings. The Kier molecular flexibility index (Phi) is 7.57. The van der Waals surface area contributed by atoms with Crippen molar-refractivity contribution in [2.75, 3.05) is 39.4 Å². The minimum Gasteiger partial charge on any atom is -0.455 e. The van der Waals surface area contributed by atoms with Gasteiger partial charge in [0.05, 0.1) is 12.5 Å². The Balaban J connectivity index is 1.73. The molecule has 2 amide bonds. The van der Waals surface area contributed by atoms with Gasteiger partial charge in [-0.05, 0) is 31.0 Å². The number of ether oxygens (including phenoxy) is 2. The third-order valence-corrected chi connectivity index (χ3v) is 4.33. The van der Waals surface area contributed by atoms with E-state index in [-0.39, 0.29) is 24.4 Å². The zero-order chi connectivity index (χ0) is 19.8. The minimum atomic E-state index is -0.502. The normalized spacial score (nSPS) is 15.2. The van der Waals surface area contributed by atoms with Gasteiger partial charge >= 0.3 is 12.1 Å². The van der Waals surface area contributed by atoms with Gasteiger partial charge in [-0.1, -0.05) is 19.1 Å². The number of hydrogen-bond acceptors (Lipinski definition) is 5. The zero-order valence-corrected chi connectivity index (χ0v) is 15.7. The van der Waals surface area contributed by atoms with E-state index in [1.54, 1.807) is 35.8 Å². The Morgan fingerprint density at radius 2 is 1.78 bits per heavy atom. The Hall–Kier alpha value is -2.64. The van der Waals surface area contributed by atoms with Gasteiger partial charge in [-0.25, -0.2) is 9.18 Å². The van der Waals surface area contributed by atoms with Crippen molar-refractivity contribution in [1.29, 1.82) is 0 Å². The van der Waals surface area contributed by atoms with Crippen molar-refractivity contribution in [2.45, 2.75) is 20.3 Å². The number of benzene rings is 1. The zero-order valence-electron chi connectivity index (χ0n) is 15.7. The average molecular weight is 380 g/mol. The highest BCUT2D eigenvalue weighted by Gasteiger charge is 2.26. The molecule has 148 valence electrons. The molecule has 0 radical (unpaired) electrons. The molecular weight excluding hydrogens is 355 g/mol. The van der Waals surface area contributed by atoms with Crippen molar-refractivity contribution in [3.63, 3.8) is 0 Å². The lowest BCUT2D eigenvalue weighted by Gasteiger charge is -2.33. The van der Waals surface area contributed by atoms with E-state index in [0.29, 0.717) is 44.8 Å². The average Bonchev–Trinajstić information content (AvgIpc) is 2.66. The Bertz CT molecular complexity index is 674. The lowest BCUT2D eigenvalue weighted by Crippen LogP contribution is -2.51. The van der Waals surface area contributed by atoms with Crippen LogP contribution in [0.4, 0.5) is 9.18 Å². The summed E-state index contributed by atoms with van der Waals surface area (Å²) < 4.78 is 23.2. The maximum Gasteiger partial charge on any atom is 0.409 e. The number of amides is 2. The summed E-state index contributed by atoms with van der Waals surface area (Å²) in [6, 6.07) is 6.04. The Labute approximate surface area is 158 Å². The molecule has 27 heavy (non-hydrogen) atoms. The lowest BCUT2D eigenvalue weighted by atomic mass is 10.0. The van der Waals surface area contributed by atoms with Gasteiger partial charge in [0.1, 0.15) is 5.82 Å². The van der Waals surface area contributed by atoms with Crippen LogP contribution in [0.1, 0.15) is 19.4 Å². The van der Waals surface area contributed by atoms with E-state index in [9.17, 15) is 18.8 Å². The molecule has 7 nitrogen and oxygen atoms in total. The molecule has 0 spiro atoms. The number of piperazine rings is 1. The van der Waals surface area contributed by atoms with Crippen LogP contribution in [0.3, 0.4) is 0 Å². The standard InChI is InChI=1S/C19H25FN2O5/c1-3-26-19(25)22-9-7-21(8-10-22)17(23)13-27-18(24)14(2)11-15-5-4-6-16(20)12-15/h4-6,12,14H,3,7-11,13H2,1-2H3. The largest absolute Gasteiger partial charge is 0.455 e. The van der Waals surface area contributed by atoms with Gasteiger partial charge in [0.25, 0.3) is 5.91 Å². The second-order valence-corrected chi connectivity index (χ2v) is 6.41. The van der Waals surface area contributed by atoms with Crippen molar-refractivity contribution in [2.24, 2.45) is 5.92 Å². The molecule has 2 rings (SSSR count). The minimum absolute atomic E-state index is 0.301. The predicted octanol–water partition coefficient (Wildman–Crippen LogP) is 1.85. The molecule has 1 aliphatic heterocycles. The van der Waals surface area contributed by atoms with Crippen LogP contribution in [0.5, 0.6) is 0 Å². The molecular formula is C19H25FN2O5. The van der Waals surface area contributed by atoms with Crippen LogP contribution in [0, 0.1) is 11.7 Å². The first kappa shape index (κ1) is 20.7. The maximum atomic E-state index is 13.2. The molecule has 1 aromatic carbocycles. The monoisotopic (exact) mass is 380 g/mol. The molecule has 1 aliphatic rings. The van der Waals surface area contributed by atoms with E-state index >= 15 is 0 Å². The van der Waals surface area contributed by atoms with Gasteiger partial charge in [0.2, 0.25) is 0 Å². The molecule has 1 unspecified atom stereocenters. The summed E-state index contributed by atoms with van der Waals surface area (Å²) in [6.45, 7) is 4.88. The summed E-state index contributed by atoms with van der Waals surface area (Å²) in [6.07, 6.45) is -0.0505. The van der Waals surface area contributed by atoms with Crippen LogP contribution in [0.2, 0.25) is 0 Å². The molecule has 8 heteroatoms. The fraction of sp³-hybridized carbons (Fsp3) is 0.526. The van der Waals surface area contributed by atoms with Crippen LogP contribution < -0.4 is 0 Å². The first-order chi connectivity index (χ1) is 12.9. The fourth-order valence-corrected chi connectivity index (χ4v) is 2.82. The van der Waals surface area contributed by atoms with Gasteiger partial charge in [-0.2, -0.15) is 0 Å². The molecule has 0 N–H and O–H groups in total. The second kappa shape index (κ2) is 9.89. The van der Waals surface area contributed by atoms with Crippen LogP contribution >= 0.6 is 0 Å². The molecule has 0 aromatic heterocycles. The summed E-state index contributed by atoms with van der Waals surface area (Å²) in [4.78, 5) is 39.0. The summed E-state index contributed by atoms with van der Waals surface area (Å²) in [5.74, 6) is -1.65. The first-order valence-corrected chi connectivity index (χ1v) is 9.01. The SMILES string of the molecule is CCOC(=O)N1CCN(C(=O)COC(=O)C(C)Cc2cccc(F)c2)CC1. The van der Waals surface area contributed by atoms with E-state index in [1.165, 1.54) is 12.1 Å². The van der Waals surface area contributed by atoms with E-state index in [0.717, 1.165) is 0 Å². The highest BCUT2D eigenvalue weighted by molar-refractivity contribution is 5.81. The van der Waals surface area contributed by atoms with Crippen LogP contribution in [-0.4, -0.2) is 67.2 Å². The number of carbonyl (C=O) groups excluding carboxylic acids is 3. The quantitative estimate of drug-likeness (QED) is 0.704. The third kappa shape index (κ3) is 6.23. The smallest absolute Gasteiger partial charge is 0.409 e. The lowest BCUT2D eigenvalue weighted by molar-refractivity contribution is -0.155.